The molecule has 2 aliphatic rings. The largest absolute Gasteiger partial charge is 0.391 e. The predicted molar refractivity (Wildman–Crippen MR) is 89.7 cm³/mol. The number of pyridine rings is 1. The Balaban J connectivity index is 1.55. The third-order valence-corrected chi connectivity index (χ3v) is 5.07. The molecule has 2 heterocycles. The van der Waals surface area contributed by atoms with Gasteiger partial charge < -0.3 is 15.3 Å². The fraction of sp³-hybridized carbons (Fsp3) is 0.588. The zero-order valence-corrected chi connectivity index (χ0v) is 14.2. The highest BCUT2D eigenvalue weighted by atomic mass is 35.5. The van der Waals surface area contributed by atoms with Gasteiger partial charge in [0.15, 0.2) is 0 Å². The summed E-state index contributed by atoms with van der Waals surface area (Å²) in [6.45, 7) is 1.65. The van der Waals surface area contributed by atoms with Crippen molar-refractivity contribution in [2.45, 2.75) is 44.2 Å². The molecule has 1 aromatic rings. The van der Waals surface area contributed by atoms with Crippen LogP contribution in [0.15, 0.2) is 18.5 Å². The van der Waals surface area contributed by atoms with E-state index in [9.17, 15) is 14.7 Å². The van der Waals surface area contributed by atoms with Gasteiger partial charge in [-0.1, -0.05) is 11.6 Å². The molecule has 6 nitrogen and oxygen atoms in total. The number of likely N-dealkylation sites (tertiary alicyclic amines) is 1. The van der Waals surface area contributed by atoms with E-state index in [4.69, 9.17) is 11.6 Å². The third kappa shape index (κ3) is 3.87. The Morgan fingerprint density at radius 2 is 2.00 bits per heavy atom. The Morgan fingerprint density at radius 1 is 1.25 bits per heavy atom. The van der Waals surface area contributed by atoms with E-state index in [0.29, 0.717) is 29.8 Å². The number of aliphatic hydroxyl groups excluding tert-OH is 1. The zero-order valence-electron chi connectivity index (χ0n) is 13.4. The Kier molecular flexibility index (Phi) is 5.36. The average Bonchev–Trinajstić information content (AvgIpc) is 3.10. The molecule has 24 heavy (non-hydrogen) atoms. The molecule has 0 spiro atoms. The lowest BCUT2D eigenvalue weighted by molar-refractivity contribution is -0.137. The lowest BCUT2D eigenvalue weighted by Crippen LogP contribution is -2.49. The molecule has 2 N–H and O–H groups in total. The van der Waals surface area contributed by atoms with E-state index in [1.807, 2.05) is 4.90 Å². The second-order valence-corrected chi connectivity index (χ2v) is 7.02. The van der Waals surface area contributed by atoms with Gasteiger partial charge in [-0.15, -0.1) is 0 Å². The zero-order chi connectivity index (χ0) is 17.1. The molecule has 0 bridgehead atoms. The Bertz CT molecular complexity index is 619. The maximum Gasteiger partial charge on any atom is 0.253 e. The summed E-state index contributed by atoms with van der Waals surface area (Å²) in [5.41, 5.74) is 0.366. The first-order chi connectivity index (χ1) is 11.5. The number of rotatable bonds is 3. The summed E-state index contributed by atoms with van der Waals surface area (Å²) in [5, 5.41) is 13.6. The number of nitrogens with zero attached hydrogens (tertiary/aromatic N) is 2. The van der Waals surface area contributed by atoms with Gasteiger partial charge in [0.25, 0.3) is 5.91 Å². The van der Waals surface area contributed by atoms with Gasteiger partial charge in [0.2, 0.25) is 5.91 Å². The van der Waals surface area contributed by atoms with Gasteiger partial charge in [0.1, 0.15) is 0 Å². The molecule has 1 aliphatic heterocycles. The lowest BCUT2D eigenvalue weighted by atomic mass is 9.83. The molecule has 130 valence electrons. The van der Waals surface area contributed by atoms with Crippen molar-refractivity contribution in [1.82, 2.24) is 15.2 Å². The molecule has 3 rings (SSSR count). The van der Waals surface area contributed by atoms with Crippen LogP contribution in [0.25, 0.3) is 0 Å². The van der Waals surface area contributed by atoms with Crippen molar-refractivity contribution in [3.63, 3.8) is 0 Å². The minimum absolute atomic E-state index is 0.140. The van der Waals surface area contributed by atoms with Crippen molar-refractivity contribution >= 4 is 23.4 Å². The molecular formula is C17H22ClN3O3. The van der Waals surface area contributed by atoms with Crippen LogP contribution in [-0.4, -0.2) is 52.0 Å². The number of carbonyl (C=O) groups is 2. The van der Waals surface area contributed by atoms with Gasteiger partial charge in [-0.25, -0.2) is 0 Å². The fourth-order valence-electron chi connectivity index (χ4n) is 3.52. The summed E-state index contributed by atoms with van der Waals surface area (Å²) in [5.74, 6) is -0.298. The first kappa shape index (κ1) is 17.2. The first-order valence-electron chi connectivity index (χ1n) is 8.43. The quantitative estimate of drug-likeness (QED) is 0.866. The van der Waals surface area contributed by atoms with Crippen LogP contribution in [0.1, 0.15) is 42.5 Å². The molecule has 0 aromatic carbocycles. The second-order valence-electron chi connectivity index (χ2n) is 6.58. The predicted octanol–water partition coefficient (Wildman–Crippen LogP) is 1.62. The highest BCUT2D eigenvalue weighted by molar-refractivity contribution is 6.30. The second kappa shape index (κ2) is 7.49. The maximum atomic E-state index is 12.4. The standard InChI is InChI=1S/C17H22ClN3O3/c18-13-7-12(9-19-10-13)16(23)20-14-4-3-11(8-15(14)22)17(24)21-5-1-2-6-21/h7,9-11,14-15,22H,1-6,8H2,(H,20,23)/t11-,14+,15+/m0/s1. The molecule has 7 heteroatoms. The van der Waals surface area contributed by atoms with Crippen LogP contribution in [0.4, 0.5) is 0 Å². The number of aliphatic hydroxyl groups is 1. The summed E-state index contributed by atoms with van der Waals surface area (Å²) in [7, 11) is 0. The SMILES string of the molecule is O=C(N[C@@H]1CC[C@H](C(=O)N2CCCC2)C[C@H]1O)c1cncc(Cl)c1. The van der Waals surface area contributed by atoms with E-state index in [1.54, 1.807) is 6.07 Å². The monoisotopic (exact) mass is 351 g/mol. The number of hydrogen-bond acceptors (Lipinski definition) is 4. The molecule has 2 fully saturated rings. The molecule has 1 aromatic heterocycles. The van der Waals surface area contributed by atoms with Crippen LogP contribution in [0, 0.1) is 5.92 Å². The lowest BCUT2D eigenvalue weighted by Gasteiger charge is -2.34. The Hall–Kier alpha value is -1.66. The number of nitrogens with one attached hydrogen (secondary N) is 1. The average molecular weight is 352 g/mol. The van der Waals surface area contributed by atoms with Crippen LogP contribution >= 0.6 is 11.6 Å². The smallest absolute Gasteiger partial charge is 0.253 e. The van der Waals surface area contributed by atoms with Crippen molar-refractivity contribution < 1.29 is 14.7 Å². The van der Waals surface area contributed by atoms with Gasteiger partial charge in [-0.05, 0) is 38.2 Å². The molecule has 1 saturated heterocycles. The van der Waals surface area contributed by atoms with Gasteiger partial charge in [-0.2, -0.15) is 0 Å². The van der Waals surface area contributed by atoms with Gasteiger partial charge >= 0.3 is 0 Å². The summed E-state index contributed by atoms with van der Waals surface area (Å²) in [6, 6.07) is 1.19. The number of hydrogen-bond donors (Lipinski definition) is 2. The number of halogens is 1. The molecule has 0 unspecified atom stereocenters. The van der Waals surface area contributed by atoms with Crippen molar-refractivity contribution in [3.8, 4) is 0 Å². The van der Waals surface area contributed by atoms with E-state index < -0.39 is 6.10 Å². The van der Waals surface area contributed by atoms with Crippen LogP contribution in [-0.2, 0) is 4.79 Å². The van der Waals surface area contributed by atoms with Gasteiger partial charge in [-0.3, -0.25) is 14.6 Å². The van der Waals surface area contributed by atoms with Crippen LogP contribution in [0.3, 0.4) is 0 Å². The summed E-state index contributed by atoms with van der Waals surface area (Å²) in [4.78, 5) is 30.5. The van der Waals surface area contributed by atoms with Gasteiger partial charge in [0.05, 0.1) is 22.7 Å². The molecular weight excluding hydrogens is 330 g/mol. The van der Waals surface area contributed by atoms with E-state index >= 15 is 0 Å². The topological polar surface area (TPSA) is 82.5 Å². The van der Waals surface area contributed by atoms with E-state index in [0.717, 1.165) is 25.9 Å². The maximum absolute atomic E-state index is 12.4. The van der Waals surface area contributed by atoms with Crippen LogP contribution in [0.5, 0.6) is 0 Å². The van der Waals surface area contributed by atoms with Crippen molar-refractivity contribution in [1.29, 1.82) is 0 Å². The van der Waals surface area contributed by atoms with E-state index in [1.165, 1.54) is 12.4 Å². The van der Waals surface area contributed by atoms with E-state index in [-0.39, 0.29) is 23.8 Å². The Morgan fingerprint density at radius 3 is 2.67 bits per heavy atom. The number of amides is 2. The normalized spacial score (nSPS) is 27.1. The Labute approximate surface area is 146 Å². The highest BCUT2D eigenvalue weighted by Gasteiger charge is 2.36. The van der Waals surface area contributed by atoms with Crippen LogP contribution in [0.2, 0.25) is 5.02 Å². The highest BCUT2D eigenvalue weighted by Crippen LogP contribution is 2.28. The van der Waals surface area contributed by atoms with Gasteiger partial charge in [0, 0.05) is 31.4 Å². The van der Waals surface area contributed by atoms with Crippen molar-refractivity contribution in [2.24, 2.45) is 5.92 Å². The summed E-state index contributed by atoms with van der Waals surface area (Å²) >= 11 is 5.84. The third-order valence-electron chi connectivity index (χ3n) is 4.87. The van der Waals surface area contributed by atoms with Crippen molar-refractivity contribution in [3.05, 3.63) is 29.0 Å². The molecule has 1 aliphatic carbocycles. The molecule has 0 radical (unpaired) electrons. The minimum Gasteiger partial charge on any atom is -0.391 e. The molecule has 3 atom stereocenters. The van der Waals surface area contributed by atoms with Crippen molar-refractivity contribution in [2.75, 3.05) is 13.1 Å². The number of carbonyl (C=O) groups excluding carboxylic acids is 2. The fourth-order valence-corrected chi connectivity index (χ4v) is 3.70. The summed E-state index contributed by atoms with van der Waals surface area (Å²) < 4.78 is 0. The minimum atomic E-state index is -0.716. The molecule has 1 saturated carbocycles. The molecule has 2 amide bonds. The summed E-state index contributed by atoms with van der Waals surface area (Å²) in [6.07, 6.45) is 5.98. The van der Waals surface area contributed by atoms with Crippen LogP contribution < -0.4 is 5.32 Å². The first-order valence-corrected chi connectivity index (χ1v) is 8.80. The number of aromatic nitrogens is 1. The van der Waals surface area contributed by atoms with E-state index in [2.05, 4.69) is 10.3 Å².